The number of hydrogen-bond acceptors (Lipinski definition) is 5. The molecule has 0 atom stereocenters. The van der Waals surface area contributed by atoms with Gasteiger partial charge in [-0.25, -0.2) is 0 Å². The van der Waals surface area contributed by atoms with Crippen LogP contribution >= 0.6 is 0 Å². The summed E-state index contributed by atoms with van der Waals surface area (Å²) in [5, 5.41) is 0. The SMILES string of the molecule is O=C(CCCOc1ccccc1)OCCN1CCN(C(=O)C(F)(F)F)CC1. The molecule has 1 saturated heterocycles. The van der Waals surface area contributed by atoms with Gasteiger partial charge in [-0.2, -0.15) is 13.2 Å². The van der Waals surface area contributed by atoms with Gasteiger partial charge in [0.1, 0.15) is 12.4 Å². The van der Waals surface area contributed by atoms with Crippen molar-refractivity contribution in [2.75, 3.05) is 45.9 Å². The van der Waals surface area contributed by atoms with Crippen LogP contribution in [0.5, 0.6) is 5.75 Å². The molecule has 0 N–H and O–H groups in total. The van der Waals surface area contributed by atoms with Gasteiger partial charge in [0.2, 0.25) is 0 Å². The van der Waals surface area contributed by atoms with Crippen molar-refractivity contribution in [3.8, 4) is 5.75 Å². The van der Waals surface area contributed by atoms with Crippen molar-refractivity contribution < 1.29 is 32.2 Å². The second-order valence-corrected chi connectivity index (χ2v) is 6.12. The number of benzene rings is 1. The van der Waals surface area contributed by atoms with E-state index >= 15 is 0 Å². The van der Waals surface area contributed by atoms with Gasteiger partial charge >= 0.3 is 18.1 Å². The summed E-state index contributed by atoms with van der Waals surface area (Å²) in [6.45, 7) is 1.70. The fourth-order valence-electron chi connectivity index (χ4n) is 2.64. The molecular formula is C18H23F3N2O4. The molecule has 0 spiro atoms. The van der Waals surface area contributed by atoms with E-state index in [1.807, 2.05) is 35.2 Å². The van der Waals surface area contributed by atoms with E-state index in [0.29, 0.717) is 32.7 Å². The number of carbonyl (C=O) groups is 2. The van der Waals surface area contributed by atoms with Crippen LogP contribution < -0.4 is 4.74 Å². The van der Waals surface area contributed by atoms with Crippen molar-refractivity contribution in [2.24, 2.45) is 0 Å². The molecule has 0 radical (unpaired) electrons. The van der Waals surface area contributed by atoms with Gasteiger partial charge in [0, 0.05) is 39.1 Å². The lowest BCUT2D eigenvalue weighted by molar-refractivity contribution is -0.187. The smallest absolute Gasteiger partial charge is 0.471 e. The molecule has 1 aromatic rings. The normalized spacial score (nSPS) is 15.4. The summed E-state index contributed by atoms with van der Waals surface area (Å²) >= 11 is 0. The van der Waals surface area contributed by atoms with Crippen LogP contribution in [0.2, 0.25) is 0 Å². The van der Waals surface area contributed by atoms with Crippen molar-refractivity contribution in [1.29, 1.82) is 0 Å². The van der Waals surface area contributed by atoms with Crippen LogP contribution in [0.15, 0.2) is 30.3 Å². The maximum absolute atomic E-state index is 12.4. The van der Waals surface area contributed by atoms with Crippen molar-refractivity contribution in [2.45, 2.75) is 19.0 Å². The highest BCUT2D eigenvalue weighted by molar-refractivity contribution is 5.81. The van der Waals surface area contributed by atoms with Gasteiger partial charge in [-0.3, -0.25) is 14.5 Å². The summed E-state index contributed by atoms with van der Waals surface area (Å²) < 4.78 is 47.7. The Hall–Kier alpha value is -2.29. The third-order valence-corrected chi connectivity index (χ3v) is 4.11. The van der Waals surface area contributed by atoms with Crippen LogP contribution in [-0.4, -0.2) is 73.8 Å². The first-order chi connectivity index (χ1) is 12.9. The van der Waals surface area contributed by atoms with Crippen LogP contribution in [0.3, 0.4) is 0 Å². The molecule has 9 heteroatoms. The lowest BCUT2D eigenvalue weighted by atomic mass is 10.3. The minimum atomic E-state index is -4.83. The Balaban J connectivity index is 1.52. The van der Waals surface area contributed by atoms with Gasteiger partial charge in [0.05, 0.1) is 6.61 Å². The third-order valence-electron chi connectivity index (χ3n) is 4.11. The van der Waals surface area contributed by atoms with E-state index in [9.17, 15) is 22.8 Å². The number of esters is 1. The molecule has 0 aliphatic carbocycles. The molecule has 27 heavy (non-hydrogen) atoms. The molecular weight excluding hydrogens is 365 g/mol. The first-order valence-corrected chi connectivity index (χ1v) is 8.78. The van der Waals surface area contributed by atoms with Crippen LogP contribution in [0.1, 0.15) is 12.8 Å². The fraction of sp³-hybridized carbons (Fsp3) is 0.556. The Bertz CT molecular complexity index is 602. The van der Waals surface area contributed by atoms with E-state index in [2.05, 4.69) is 0 Å². The zero-order valence-corrected chi connectivity index (χ0v) is 14.9. The Morgan fingerprint density at radius 1 is 1.00 bits per heavy atom. The van der Waals surface area contributed by atoms with E-state index in [-0.39, 0.29) is 32.1 Å². The van der Waals surface area contributed by atoms with Gasteiger partial charge < -0.3 is 14.4 Å². The monoisotopic (exact) mass is 388 g/mol. The lowest BCUT2D eigenvalue weighted by Crippen LogP contribution is -2.52. The van der Waals surface area contributed by atoms with E-state index < -0.39 is 12.1 Å². The van der Waals surface area contributed by atoms with Crippen molar-refractivity contribution in [3.63, 3.8) is 0 Å². The first kappa shape index (κ1) is 21.0. The quantitative estimate of drug-likeness (QED) is 0.504. The van der Waals surface area contributed by atoms with Crippen LogP contribution in [0.4, 0.5) is 13.2 Å². The number of nitrogens with zero attached hydrogens (tertiary/aromatic N) is 2. The molecule has 1 aliphatic rings. The second-order valence-electron chi connectivity index (χ2n) is 6.12. The maximum Gasteiger partial charge on any atom is 0.471 e. The average Bonchev–Trinajstić information content (AvgIpc) is 2.65. The van der Waals surface area contributed by atoms with E-state index in [4.69, 9.17) is 9.47 Å². The first-order valence-electron chi connectivity index (χ1n) is 8.78. The number of piperazine rings is 1. The zero-order valence-electron chi connectivity index (χ0n) is 14.9. The molecule has 6 nitrogen and oxygen atoms in total. The highest BCUT2D eigenvalue weighted by atomic mass is 19.4. The highest BCUT2D eigenvalue weighted by Crippen LogP contribution is 2.19. The van der Waals surface area contributed by atoms with Crippen molar-refractivity contribution in [3.05, 3.63) is 30.3 Å². The molecule has 0 unspecified atom stereocenters. The summed E-state index contributed by atoms with van der Waals surface area (Å²) in [5.41, 5.74) is 0. The summed E-state index contributed by atoms with van der Waals surface area (Å²) in [6, 6.07) is 9.28. The highest BCUT2D eigenvalue weighted by Gasteiger charge is 2.43. The lowest BCUT2D eigenvalue weighted by Gasteiger charge is -2.34. The minimum absolute atomic E-state index is 0.0170. The number of halogens is 3. The van der Waals surface area contributed by atoms with Gasteiger partial charge in [-0.1, -0.05) is 18.2 Å². The van der Waals surface area contributed by atoms with Gasteiger partial charge in [-0.05, 0) is 18.6 Å². The number of carbonyl (C=O) groups excluding carboxylic acids is 2. The fourth-order valence-corrected chi connectivity index (χ4v) is 2.64. The maximum atomic E-state index is 12.4. The van der Waals surface area contributed by atoms with Crippen molar-refractivity contribution >= 4 is 11.9 Å². The van der Waals surface area contributed by atoms with Crippen LogP contribution in [-0.2, 0) is 14.3 Å². The number of alkyl halides is 3. The zero-order chi connectivity index (χ0) is 19.7. The predicted molar refractivity (Wildman–Crippen MR) is 91.2 cm³/mol. The predicted octanol–water partition coefficient (Wildman–Crippen LogP) is 2.10. The Morgan fingerprint density at radius 3 is 2.30 bits per heavy atom. The van der Waals surface area contributed by atoms with E-state index in [0.717, 1.165) is 10.6 Å². The molecule has 1 amide bonds. The third kappa shape index (κ3) is 7.46. The van der Waals surface area contributed by atoms with Crippen LogP contribution in [0, 0.1) is 0 Å². The van der Waals surface area contributed by atoms with Crippen molar-refractivity contribution in [1.82, 2.24) is 9.80 Å². The molecule has 0 aromatic heterocycles. The number of hydrogen-bond donors (Lipinski definition) is 0. The minimum Gasteiger partial charge on any atom is -0.494 e. The molecule has 150 valence electrons. The molecule has 1 aromatic carbocycles. The Morgan fingerprint density at radius 2 is 1.67 bits per heavy atom. The summed E-state index contributed by atoms with van der Waals surface area (Å²) in [6.07, 6.45) is -4.06. The van der Waals surface area contributed by atoms with Gasteiger partial charge in [0.25, 0.3) is 0 Å². The van der Waals surface area contributed by atoms with E-state index in [1.165, 1.54) is 0 Å². The van der Waals surface area contributed by atoms with E-state index in [1.54, 1.807) is 0 Å². The molecule has 0 bridgehead atoms. The van der Waals surface area contributed by atoms with Crippen LogP contribution in [0.25, 0.3) is 0 Å². The summed E-state index contributed by atoms with van der Waals surface area (Å²) in [7, 11) is 0. The summed E-state index contributed by atoms with van der Waals surface area (Å²) in [5.74, 6) is -1.39. The standard InChI is InChI=1S/C18H23F3N2O4/c19-18(20,21)17(25)23-10-8-22(9-11-23)12-14-27-16(24)7-4-13-26-15-5-2-1-3-6-15/h1-3,5-6H,4,7-14H2. The summed E-state index contributed by atoms with van der Waals surface area (Å²) in [4.78, 5) is 25.5. The largest absolute Gasteiger partial charge is 0.494 e. The number of ether oxygens (including phenoxy) is 2. The topological polar surface area (TPSA) is 59.1 Å². The second kappa shape index (κ2) is 10.1. The molecule has 2 rings (SSSR count). The molecule has 0 saturated carbocycles. The Kier molecular flexibility index (Phi) is 7.90. The average molecular weight is 388 g/mol. The number of rotatable bonds is 8. The molecule has 1 fully saturated rings. The Labute approximate surface area is 155 Å². The van der Waals surface area contributed by atoms with Gasteiger partial charge in [-0.15, -0.1) is 0 Å². The van der Waals surface area contributed by atoms with Gasteiger partial charge in [0.15, 0.2) is 0 Å². The number of para-hydroxylation sites is 1. The number of amides is 1. The molecule has 1 aliphatic heterocycles. The molecule has 1 heterocycles.